The maximum Gasteiger partial charge on any atom is 0.194 e. The minimum Gasteiger partial charge on any atom is -0.469 e. The third-order valence-corrected chi connectivity index (χ3v) is 3.53. The van der Waals surface area contributed by atoms with Crippen molar-refractivity contribution >= 4 is 0 Å². The second-order valence-electron chi connectivity index (χ2n) is 4.97. The van der Waals surface area contributed by atoms with E-state index in [-0.39, 0.29) is 6.54 Å². The van der Waals surface area contributed by atoms with Crippen LogP contribution in [0.3, 0.4) is 0 Å². The normalized spacial score (nSPS) is 12.9. The average Bonchev–Trinajstić information content (AvgIpc) is 2.82. The Balaban J connectivity index is 2.25. The summed E-state index contributed by atoms with van der Waals surface area (Å²) in [4.78, 5) is 1.84. The van der Waals surface area contributed by atoms with Gasteiger partial charge in [0.1, 0.15) is 5.76 Å². The van der Waals surface area contributed by atoms with Gasteiger partial charge in [0, 0.05) is 24.7 Å². The summed E-state index contributed by atoms with van der Waals surface area (Å²) in [6, 6.07) is 3.36. The van der Waals surface area contributed by atoms with E-state index in [0.29, 0.717) is 12.1 Å². The van der Waals surface area contributed by atoms with Crippen LogP contribution in [-0.2, 0) is 6.54 Å². The zero-order valence-corrected chi connectivity index (χ0v) is 11.9. The monoisotopic (exact) mass is 298 g/mol. The molecule has 0 fully saturated rings. The van der Waals surface area contributed by atoms with Crippen LogP contribution in [0.4, 0.5) is 13.2 Å². The van der Waals surface area contributed by atoms with Crippen molar-refractivity contribution in [3.05, 3.63) is 58.8 Å². The standard InChI is InChI=1S/C15H17F3N2O/c1-9-10(3-4-21-9)8-20(2)14(7-19)11-5-12(16)15(18)13(17)6-11/h3-6,14H,7-8,19H2,1-2H3. The van der Waals surface area contributed by atoms with Crippen LogP contribution in [0.15, 0.2) is 28.9 Å². The Kier molecular flexibility index (Phi) is 4.69. The van der Waals surface area contributed by atoms with Crippen LogP contribution in [0.2, 0.25) is 0 Å². The van der Waals surface area contributed by atoms with Crippen molar-refractivity contribution < 1.29 is 17.6 Å². The van der Waals surface area contributed by atoms with Crippen LogP contribution in [0.1, 0.15) is 22.9 Å². The van der Waals surface area contributed by atoms with E-state index in [1.807, 2.05) is 17.9 Å². The molecule has 0 bridgehead atoms. The van der Waals surface area contributed by atoms with Gasteiger partial charge in [-0.2, -0.15) is 0 Å². The summed E-state index contributed by atoms with van der Waals surface area (Å²) in [5.41, 5.74) is 6.97. The molecule has 0 aliphatic carbocycles. The maximum absolute atomic E-state index is 13.4. The summed E-state index contributed by atoms with van der Waals surface area (Å²) >= 11 is 0. The number of halogens is 3. The van der Waals surface area contributed by atoms with Crippen molar-refractivity contribution in [2.75, 3.05) is 13.6 Å². The number of aryl methyl sites for hydroxylation is 1. The number of hydrogen-bond donors (Lipinski definition) is 1. The van der Waals surface area contributed by atoms with Crippen LogP contribution in [0.5, 0.6) is 0 Å². The molecule has 1 heterocycles. The fourth-order valence-electron chi connectivity index (χ4n) is 2.29. The third kappa shape index (κ3) is 3.28. The minimum absolute atomic E-state index is 0.151. The molecular formula is C15H17F3N2O. The quantitative estimate of drug-likeness (QED) is 0.862. The lowest BCUT2D eigenvalue weighted by molar-refractivity contribution is 0.239. The van der Waals surface area contributed by atoms with E-state index in [1.165, 1.54) is 0 Å². The summed E-state index contributed by atoms with van der Waals surface area (Å²) in [5, 5.41) is 0. The lowest BCUT2D eigenvalue weighted by Gasteiger charge is -2.27. The van der Waals surface area contributed by atoms with Crippen molar-refractivity contribution in [2.24, 2.45) is 5.73 Å². The van der Waals surface area contributed by atoms with Gasteiger partial charge < -0.3 is 10.2 Å². The Labute approximate surface area is 121 Å². The molecule has 0 aliphatic rings. The van der Waals surface area contributed by atoms with Gasteiger partial charge in [-0.05, 0) is 37.7 Å². The van der Waals surface area contributed by atoms with Gasteiger partial charge in [-0.15, -0.1) is 0 Å². The number of likely N-dealkylation sites (N-methyl/N-ethyl adjacent to an activating group) is 1. The molecule has 114 valence electrons. The zero-order valence-electron chi connectivity index (χ0n) is 11.9. The fraction of sp³-hybridized carbons (Fsp3) is 0.333. The van der Waals surface area contributed by atoms with Crippen LogP contribution >= 0.6 is 0 Å². The highest BCUT2D eigenvalue weighted by Crippen LogP contribution is 2.24. The number of rotatable bonds is 5. The second kappa shape index (κ2) is 6.32. The SMILES string of the molecule is Cc1occc1CN(C)C(CN)c1cc(F)c(F)c(F)c1. The topological polar surface area (TPSA) is 42.4 Å². The molecule has 6 heteroatoms. The third-order valence-electron chi connectivity index (χ3n) is 3.53. The minimum atomic E-state index is -1.47. The number of hydrogen-bond acceptors (Lipinski definition) is 3. The van der Waals surface area contributed by atoms with E-state index in [9.17, 15) is 13.2 Å². The van der Waals surface area contributed by atoms with E-state index in [0.717, 1.165) is 23.5 Å². The van der Waals surface area contributed by atoms with E-state index < -0.39 is 23.5 Å². The van der Waals surface area contributed by atoms with Crippen molar-refractivity contribution in [1.29, 1.82) is 0 Å². The summed E-state index contributed by atoms with van der Waals surface area (Å²) < 4.78 is 44.9. The summed E-state index contributed by atoms with van der Waals surface area (Å²) in [6.07, 6.45) is 1.58. The molecule has 0 radical (unpaired) electrons. The van der Waals surface area contributed by atoms with E-state index in [2.05, 4.69) is 0 Å². The number of furan rings is 1. The van der Waals surface area contributed by atoms with Crippen LogP contribution in [0.25, 0.3) is 0 Å². The van der Waals surface area contributed by atoms with Crippen molar-refractivity contribution in [3.63, 3.8) is 0 Å². The van der Waals surface area contributed by atoms with Crippen LogP contribution in [-0.4, -0.2) is 18.5 Å². The van der Waals surface area contributed by atoms with Crippen LogP contribution in [0, 0.1) is 24.4 Å². The number of benzene rings is 1. The Morgan fingerprint density at radius 2 is 1.86 bits per heavy atom. The van der Waals surface area contributed by atoms with Gasteiger partial charge in [0.05, 0.1) is 6.26 Å². The van der Waals surface area contributed by atoms with Crippen LogP contribution < -0.4 is 5.73 Å². The molecule has 2 rings (SSSR count). The fourth-order valence-corrected chi connectivity index (χ4v) is 2.29. The molecule has 0 spiro atoms. The molecule has 2 N–H and O–H groups in total. The largest absolute Gasteiger partial charge is 0.469 e. The Morgan fingerprint density at radius 3 is 2.33 bits per heavy atom. The molecule has 3 nitrogen and oxygen atoms in total. The molecule has 1 aromatic heterocycles. The first-order valence-corrected chi connectivity index (χ1v) is 6.51. The summed E-state index contributed by atoms with van der Waals surface area (Å²) in [5.74, 6) is -3.12. The Hall–Kier alpha value is -1.79. The first kappa shape index (κ1) is 15.6. The molecule has 2 aromatic rings. The first-order chi connectivity index (χ1) is 9.93. The molecule has 0 aliphatic heterocycles. The van der Waals surface area contributed by atoms with Gasteiger partial charge >= 0.3 is 0 Å². The molecule has 1 aromatic carbocycles. The highest BCUT2D eigenvalue weighted by molar-refractivity contribution is 5.24. The molecule has 1 unspecified atom stereocenters. The van der Waals surface area contributed by atoms with Crippen molar-refractivity contribution in [1.82, 2.24) is 4.90 Å². The highest BCUT2D eigenvalue weighted by Gasteiger charge is 2.20. The van der Waals surface area contributed by atoms with Gasteiger partial charge in [-0.25, -0.2) is 13.2 Å². The van der Waals surface area contributed by atoms with Gasteiger partial charge in [0.25, 0.3) is 0 Å². The highest BCUT2D eigenvalue weighted by atomic mass is 19.2. The Morgan fingerprint density at radius 1 is 1.24 bits per heavy atom. The van der Waals surface area contributed by atoms with Gasteiger partial charge in [0.15, 0.2) is 17.5 Å². The second-order valence-corrected chi connectivity index (χ2v) is 4.97. The maximum atomic E-state index is 13.4. The van der Waals surface area contributed by atoms with Gasteiger partial charge in [0.2, 0.25) is 0 Å². The van der Waals surface area contributed by atoms with E-state index in [4.69, 9.17) is 10.2 Å². The predicted octanol–water partition coefficient (Wildman–Crippen LogP) is 3.14. The van der Waals surface area contributed by atoms with E-state index >= 15 is 0 Å². The first-order valence-electron chi connectivity index (χ1n) is 6.51. The molecule has 0 saturated heterocycles. The summed E-state index contributed by atoms with van der Waals surface area (Å²) in [6.45, 7) is 2.49. The molecule has 21 heavy (non-hydrogen) atoms. The van der Waals surface area contributed by atoms with E-state index in [1.54, 1.807) is 13.3 Å². The number of nitrogens with zero attached hydrogens (tertiary/aromatic N) is 1. The lowest BCUT2D eigenvalue weighted by Crippen LogP contribution is -2.30. The van der Waals surface area contributed by atoms with Crippen molar-refractivity contribution in [2.45, 2.75) is 19.5 Å². The molecule has 0 saturated carbocycles. The predicted molar refractivity (Wildman–Crippen MR) is 73.0 cm³/mol. The van der Waals surface area contributed by atoms with Crippen molar-refractivity contribution in [3.8, 4) is 0 Å². The smallest absolute Gasteiger partial charge is 0.194 e. The zero-order chi connectivity index (χ0) is 15.6. The molecular weight excluding hydrogens is 281 g/mol. The lowest BCUT2D eigenvalue weighted by atomic mass is 10.0. The molecule has 0 amide bonds. The number of nitrogens with two attached hydrogens (primary N) is 1. The van der Waals surface area contributed by atoms with Gasteiger partial charge in [-0.3, -0.25) is 4.90 Å². The average molecular weight is 298 g/mol. The van der Waals surface area contributed by atoms with Gasteiger partial charge in [-0.1, -0.05) is 0 Å². The summed E-state index contributed by atoms with van der Waals surface area (Å²) in [7, 11) is 1.78. The molecule has 1 atom stereocenters. The Bertz CT molecular complexity index is 604.